The van der Waals surface area contributed by atoms with E-state index in [0.29, 0.717) is 12.5 Å². The van der Waals surface area contributed by atoms with Crippen LogP contribution in [0.2, 0.25) is 0 Å². The fourth-order valence-corrected chi connectivity index (χ4v) is 2.05. The second-order valence-electron chi connectivity index (χ2n) is 5.83. The van der Waals surface area contributed by atoms with Gasteiger partial charge < -0.3 is 14.8 Å². The summed E-state index contributed by atoms with van der Waals surface area (Å²) < 4.78 is 10.7. The molecule has 0 rings (SSSR count). The summed E-state index contributed by atoms with van der Waals surface area (Å²) in [5.74, 6) is 0.540. The first-order valence-electron chi connectivity index (χ1n) is 7.96. The normalized spacial score (nSPS) is 14.3. The maximum absolute atomic E-state index is 12.0. The first-order chi connectivity index (χ1) is 9.46. The van der Waals surface area contributed by atoms with E-state index < -0.39 is 5.54 Å². The van der Waals surface area contributed by atoms with Gasteiger partial charge in [0.05, 0.1) is 6.61 Å². The first kappa shape index (κ1) is 19.4. The molecule has 0 bridgehead atoms. The predicted octanol–water partition coefficient (Wildman–Crippen LogP) is 3.15. The molecule has 0 saturated carbocycles. The van der Waals surface area contributed by atoms with Gasteiger partial charge in [0.2, 0.25) is 0 Å². The van der Waals surface area contributed by atoms with Crippen molar-refractivity contribution in [3.63, 3.8) is 0 Å². The van der Waals surface area contributed by atoms with Crippen LogP contribution in [0.5, 0.6) is 0 Å². The fraction of sp³-hybridized carbons (Fsp3) is 0.938. The van der Waals surface area contributed by atoms with Crippen LogP contribution in [0.15, 0.2) is 0 Å². The number of esters is 1. The van der Waals surface area contributed by atoms with E-state index in [1.54, 1.807) is 0 Å². The van der Waals surface area contributed by atoms with Crippen molar-refractivity contribution in [2.24, 2.45) is 5.92 Å². The quantitative estimate of drug-likeness (QED) is 0.442. The molecule has 20 heavy (non-hydrogen) atoms. The van der Waals surface area contributed by atoms with Gasteiger partial charge in [0, 0.05) is 13.2 Å². The summed E-state index contributed by atoms with van der Waals surface area (Å²) in [4.78, 5) is 12.0. The van der Waals surface area contributed by atoms with Crippen LogP contribution in [0.4, 0.5) is 0 Å². The minimum absolute atomic E-state index is 0.150. The summed E-state index contributed by atoms with van der Waals surface area (Å²) in [7, 11) is 0. The topological polar surface area (TPSA) is 47.6 Å². The summed E-state index contributed by atoms with van der Waals surface area (Å²) in [6.45, 7) is 13.0. The van der Waals surface area contributed by atoms with Gasteiger partial charge in [-0.3, -0.25) is 4.79 Å². The van der Waals surface area contributed by atoms with Gasteiger partial charge in [0.25, 0.3) is 0 Å². The van der Waals surface area contributed by atoms with Gasteiger partial charge in [-0.05, 0) is 52.0 Å². The van der Waals surface area contributed by atoms with Crippen molar-refractivity contribution in [3.05, 3.63) is 0 Å². The number of rotatable bonds is 12. The molecule has 0 aliphatic rings. The molecule has 0 radical (unpaired) electrons. The van der Waals surface area contributed by atoms with Gasteiger partial charge in [-0.1, -0.05) is 20.8 Å². The van der Waals surface area contributed by atoms with E-state index in [-0.39, 0.29) is 5.97 Å². The molecule has 1 atom stereocenters. The second kappa shape index (κ2) is 11.1. The Morgan fingerprint density at radius 3 is 2.45 bits per heavy atom. The van der Waals surface area contributed by atoms with Crippen molar-refractivity contribution >= 4 is 5.97 Å². The number of hydrogen-bond acceptors (Lipinski definition) is 4. The van der Waals surface area contributed by atoms with Crippen molar-refractivity contribution in [1.29, 1.82) is 0 Å². The van der Waals surface area contributed by atoms with Crippen LogP contribution in [0, 0.1) is 5.92 Å². The number of likely N-dealkylation sites (N-methyl/N-ethyl adjacent to an activating group) is 1. The Kier molecular flexibility index (Phi) is 10.8. The first-order valence-corrected chi connectivity index (χ1v) is 7.96. The van der Waals surface area contributed by atoms with Gasteiger partial charge in [-0.25, -0.2) is 0 Å². The molecule has 4 nitrogen and oxygen atoms in total. The van der Waals surface area contributed by atoms with Crippen molar-refractivity contribution in [2.45, 2.75) is 65.8 Å². The third-order valence-corrected chi connectivity index (χ3v) is 3.35. The van der Waals surface area contributed by atoms with Gasteiger partial charge in [-0.15, -0.1) is 0 Å². The number of nitrogens with one attached hydrogen (secondary N) is 1. The molecule has 0 fully saturated rings. The lowest BCUT2D eigenvalue weighted by molar-refractivity contribution is -0.150. The molecule has 4 heteroatoms. The van der Waals surface area contributed by atoms with Crippen molar-refractivity contribution in [1.82, 2.24) is 5.32 Å². The summed E-state index contributed by atoms with van der Waals surface area (Å²) in [6.07, 6.45) is 3.84. The summed E-state index contributed by atoms with van der Waals surface area (Å²) in [5, 5.41) is 3.25. The third kappa shape index (κ3) is 8.54. The summed E-state index contributed by atoms with van der Waals surface area (Å²) in [6, 6.07) is 0. The average molecular weight is 287 g/mol. The Hall–Kier alpha value is -0.610. The molecule has 1 N–H and O–H groups in total. The van der Waals surface area contributed by atoms with Crippen molar-refractivity contribution in [3.8, 4) is 0 Å². The number of unbranched alkanes of at least 4 members (excludes halogenated alkanes) is 1. The van der Waals surface area contributed by atoms with E-state index in [0.717, 1.165) is 45.4 Å². The summed E-state index contributed by atoms with van der Waals surface area (Å²) >= 11 is 0. The number of hydrogen-bond donors (Lipinski definition) is 1. The van der Waals surface area contributed by atoms with E-state index in [4.69, 9.17) is 9.47 Å². The largest absolute Gasteiger partial charge is 0.465 e. The Bertz CT molecular complexity index is 256. The summed E-state index contributed by atoms with van der Waals surface area (Å²) in [5.41, 5.74) is -0.567. The minimum Gasteiger partial charge on any atom is -0.465 e. The Morgan fingerprint density at radius 2 is 1.90 bits per heavy atom. The van der Waals surface area contributed by atoms with Crippen molar-refractivity contribution < 1.29 is 14.3 Å². The van der Waals surface area contributed by atoms with Crippen LogP contribution in [0.3, 0.4) is 0 Å². The third-order valence-electron chi connectivity index (χ3n) is 3.35. The fourth-order valence-electron chi connectivity index (χ4n) is 2.05. The maximum atomic E-state index is 12.0. The van der Waals surface area contributed by atoms with E-state index in [1.165, 1.54) is 0 Å². The molecule has 0 heterocycles. The average Bonchev–Trinajstić information content (AvgIpc) is 2.38. The van der Waals surface area contributed by atoms with Crippen LogP contribution < -0.4 is 5.32 Å². The molecule has 0 amide bonds. The van der Waals surface area contributed by atoms with Crippen LogP contribution in [0.1, 0.15) is 60.3 Å². The molecule has 0 aromatic heterocycles. The molecule has 0 aliphatic carbocycles. The monoisotopic (exact) mass is 287 g/mol. The highest BCUT2D eigenvalue weighted by Gasteiger charge is 2.32. The Labute approximate surface area is 124 Å². The predicted molar refractivity (Wildman–Crippen MR) is 82.8 cm³/mol. The number of carbonyl (C=O) groups is 1. The highest BCUT2D eigenvalue weighted by Crippen LogP contribution is 2.16. The number of carbonyl (C=O) groups excluding carboxylic acids is 1. The smallest absolute Gasteiger partial charge is 0.326 e. The standard InChI is InChI=1S/C16H33NO3/c1-6-17-16(5,15(18)20-7-2)11-8-9-12-19-13-10-14(3)4/h14,17H,6-13H2,1-5H3. The van der Waals surface area contributed by atoms with Crippen LogP contribution in [-0.2, 0) is 14.3 Å². The van der Waals surface area contributed by atoms with Crippen LogP contribution >= 0.6 is 0 Å². The van der Waals surface area contributed by atoms with Gasteiger partial charge in [0.1, 0.15) is 5.54 Å². The molecular weight excluding hydrogens is 254 g/mol. The van der Waals surface area contributed by atoms with Gasteiger partial charge in [-0.2, -0.15) is 0 Å². The molecule has 0 saturated heterocycles. The lowest BCUT2D eigenvalue weighted by atomic mass is 9.95. The minimum atomic E-state index is -0.567. The molecule has 0 aliphatic heterocycles. The lowest BCUT2D eigenvalue weighted by Crippen LogP contribution is -2.50. The van der Waals surface area contributed by atoms with Crippen molar-refractivity contribution in [2.75, 3.05) is 26.4 Å². The van der Waals surface area contributed by atoms with E-state index >= 15 is 0 Å². The molecule has 0 aromatic rings. The maximum Gasteiger partial charge on any atom is 0.326 e. The second-order valence-corrected chi connectivity index (χ2v) is 5.83. The lowest BCUT2D eigenvalue weighted by Gasteiger charge is -2.28. The number of ether oxygens (including phenoxy) is 2. The highest BCUT2D eigenvalue weighted by atomic mass is 16.5. The zero-order chi connectivity index (χ0) is 15.4. The molecule has 1 unspecified atom stereocenters. The molecule has 120 valence electrons. The molecular formula is C16H33NO3. The molecule has 0 aromatic carbocycles. The van der Waals surface area contributed by atoms with Gasteiger partial charge >= 0.3 is 5.97 Å². The Balaban J connectivity index is 3.89. The van der Waals surface area contributed by atoms with Crippen LogP contribution in [-0.4, -0.2) is 37.9 Å². The van der Waals surface area contributed by atoms with E-state index in [9.17, 15) is 4.79 Å². The van der Waals surface area contributed by atoms with Gasteiger partial charge in [0.15, 0.2) is 0 Å². The SMILES string of the molecule is CCNC(C)(CCCCOCCC(C)C)C(=O)OCC. The van der Waals surface area contributed by atoms with E-state index in [1.807, 2.05) is 20.8 Å². The zero-order valence-corrected chi connectivity index (χ0v) is 14.0. The molecule has 0 spiro atoms. The van der Waals surface area contributed by atoms with E-state index in [2.05, 4.69) is 19.2 Å². The van der Waals surface area contributed by atoms with Crippen LogP contribution in [0.25, 0.3) is 0 Å². The highest BCUT2D eigenvalue weighted by molar-refractivity contribution is 5.80. The Morgan fingerprint density at radius 1 is 1.20 bits per heavy atom. The zero-order valence-electron chi connectivity index (χ0n) is 14.0.